The average molecular weight is 345 g/mol. The van der Waals surface area contributed by atoms with Crippen LogP contribution < -0.4 is 9.80 Å². The first-order chi connectivity index (χ1) is 11.0. The van der Waals surface area contributed by atoms with Crippen molar-refractivity contribution >= 4 is 23.1 Å². The first-order valence-electron chi connectivity index (χ1n) is 8.07. The van der Waals surface area contributed by atoms with Crippen molar-refractivity contribution in [2.45, 2.75) is 43.8 Å². The number of piperidine rings is 1. The van der Waals surface area contributed by atoms with Gasteiger partial charge in [0.15, 0.2) is 11.0 Å². The number of morpholine rings is 1. The maximum atomic E-state index is 13.3. The Hall–Kier alpha value is -1.21. The molecule has 3 aliphatic heterocycles. The van der Waals surface area contributed by atoms with Crippen LogP contribution in [0.3, 0.4) is 0 Å². The summed E-state index contributed by atoms with van der Waals surface area (Å²) in [7, 11) is 0. The van der Waals surface area contributed by atoms with E-state index < -0.39 is 5.92 Å². The molecule has 1 aromatic rings. The van der Waals surface area contributed by atoms with Crippen LogP contribution in [-0.2, 0) is 4.74 Å². The number of alkyl halides is 2. The lowest BCUT2D eigenvalue weighted by Crippen LogP contribution is -2.43. The van der Waals surface area contributed by atoms with Crippen molar-refractivity contribution in [2.24, 2.45) is 0 Å². The molecule has 23 heavy (non-hydrogen) atoms. The van der Waals surface area contributed by atoms with Gasteiger partial charge in [-0.1, -0.05) is 11.6 Å². The number of nitrogens with zero attached hydrogens (tertiary/aromatic N) is 4. The summed E-state index contributed by atoms with van der Waals surface area (Å²) < 4.78 is 32.5. The maximum Gasteiger partial charge on any atom is 0.251 e. The quantitative estimate of drug-likeness (QED) is 0.825. The van der Waals surface area contributed by atoms with Gasteiger partial charge >= 0.3 is 0 Å². The number of ether oxygens (including phenoxy) is 1. The van der Waals surface area contributed by atoms with E-state index >= 15 is 0 Å². The smallest absolute Gasteiger partial charge is 0.251 e. The fraction of sp³-hybridized carbons (Fsp3) is 0.733. The monoisotopic (exact) mass is 344 g/mol. The standard InChI is InChI=1S/C15H19ClF2N4O/c16-14-12(21-5-3-15(17,18)4-6-21)7-13(19-20-14)22-8-10-1-2-11(9-22)23-10/h7,10-11H,1-6,8-9H2. The van der Waals surface area contributed by atoms with Crippen molar-refractivity contribution < 1.29 is 13.5 Å². The SMILES string of the molecule is FC1(F)CCN(c2cc(N3CC4CCC(C3)O4)nnc2Cl)CC1. The lowest BCUT2D eigenvalue weighted by atomic mass is 10.1. The van der Waals surface area contributed by atoms with Gasteiger partial charge in [-0.3, -0.25) is 0 Å². The summed E-state index contributed by atoms with van der Waals surface area (Å²) in [5.41, 5.74) is 0.700. The minimum absolute atomic E-state index is 0.150. The van der Waals surface area contributed by atoms with Crippen LogP contribution in [0.2, 0.25) is 5.15 Å². The number of rotatable bonds is 2. The Balaban J connectivity index is 1.54. The van der Waals surface area contributed by atoms with Gasteiger partial charge in [-0.2, -0.15) is 0 Å². The Morgan fingerprint density at radius 3 is 2.39 bits per heavy atom. The van der Waals surface area contributed by atoms with Crippen molar-refractivity contribution in [3.63, 3.8) is 0 Å². The van der Waals surface area contributed by atoms with Crippen LogP contribution in [0.1, 0.15) is 25.7 Å². The van der Waals surface area contributed by atoms with Gasteiger partial charge in [0.05, 0.1) is 17.9 Å². The molecule has 1 aromatic heterocycles. The zero-order valence-electron chi connectivity index (χ0n) is 12.7. The molecule has 4 rings (SSSR count). The first kappa shape index (κ1) is 15.3. The molecule has 0 saturated carbocycles. The highest BCUT2D eigenvalue weighted by atomic mass is 35.5. The van der Waals surface area contributed by atoms with Crippen molar-refractivity contribution in [1.82, 2.24) is 10.2 Å². The van der Waals surface area contributed by atoms with E-state index in [4.69, 9.17) is 16.3 Å². The lowest BCUT2D eigenvalue weighted by molar-refractivity contribution is -0.0220. The molecule has 2 atom stereocenters. The van der Waals surface area contributed by atoms with Crippen molar-refractivity contribution in [2.75, 3.05) is 36.0 Å². The minimum atomic E-state index is -2.57. The van der Waals surface area contributed by atoms with E-state index in [1.165, 1.54) is 0 Å². The van der Waals surface area contributed by atoms with E-state index in [2.05, 4.69) is 15.1 Å². The molecule has 126 valence electrons. The lowest BCUT2D eigenvalue weighted by Gasteiger charge is -2.35. The number of halogens is 3. The van der Waals surface area contributed by atoms with Gasteiger partial charge in [0, 0.05) is 45.1 Å². The van der Waals surface area contributed by atoms with Gasteiger partial charge in [-0.25, -0.2) is 8.78 Å². The largest absolute Gasteiger partial charge is 0.371 e. The van der Waals surface area contributed by atoms with Crippen LogP contribution in [-0.4, -0.2) is 54.5 Å². The van der Waals surface area contributed by atoms with Gasteiger partial charge in [0.1, 0.15) is 0 Å². The Bertz CT molecular complexity index is 581. The zero-order chi connectivity index (χ0) is 16.0. The fourth-order valence-electron chi connectivity index (χ4n) is 3.61. The van der Waals surface area contributed by atoms with Crippen molar-refractivity contribution in [3.05, 3.63) is 11.2 Å². The number of aromatic nitrogens is 2. The normalized spacial score (nSPS) is 29.9. The molecular formula is C15H19ClF2N4O. The van der Waals surface area contributed by atoms with E-state index in [9.17, 15) is 8.78 Å². The van der Waals surface area contributed by atoms with Crippen molar-refractivity contribution in [1.29, 1.82) is 0 Å². The summed E-state index contributed by atoms with van der Waals surface area (Å²) in [4.78, 5) is 4.05. The number of fused-ring (bicyclic) bond motifs is 2. The summed E-state index contributed by atoms with van der Waals surface area (Å²) in [6, 6.07) is 1.88. The molecule has 8 heteroatoms. The van der Waals surface area contributed by atoms with E-state index in [1.807, 2.05) is 11.0 Å². The van der Waals surface area contributed by atoms with Gasteiger partial charge in [0.2, 0.25) is 0 Å². The van der Waals surface area contributed by atoms with Crippen LogP contribution >= 0.6 is 11.6 Å². The third-order valence-corrected chi connectivity index (χ3v) is 5.19. The molecule has 4 heterocycles. The average Bonchev–Trinajstić information content (AvgIpc) is 2.86. The van der Waals surface area contributed by atoms with Crippen LogP contribution in [0, 0.1) is 0 Å². The highest BCUT2D eigenvalue weighted by Gasteiger charge is 2.36. The second-order valence-electron chi connectivity index (χ2n) is 6.58. The molecule has 2 bridgehead atoms. The molecule has 0 radical (unpaired) electrons. The predicted molar refractivity (Wildman–Crippen MR) is 83.5 cm³/mol. The Morgan fingerprint density at radius 1 is 1.09 bits per heavy atom. The maximum absolute atomic E-state index is 13.3. The molecule has 2 unspecified atom stereocenters. The molecule has 3 fully saturated rings. The topological polar surface area (TPSA) is 41.5 Å². The van der Waals surface area contributed by atoms with Gasteiger partial charge in [0.25, 0.3) is 5.92 Å². The zero-order valence-corrected chi connectivity index (χ0v) is 13.5. The summed E-state index contributed by atoms with van der Waals surface area (Å²) in [6.45, 7) is 2.16. The van der Waals surface area contributed by atoms with Crippen LogP contribution in [0.4, 0.5) is 20.3 Å². The predicted octanol–water partition coefficient (Wildman–Crippen LogP) is 2.73. The molecule has 0 aromatic carbocycles. The van der Waals surface area contributed by atoms with Crippen LogP contribution in [0.5, 0.6) is 0 Å². The molecule has 0 N–H and O–H groups in total. The first-order valence-corrected chi connectivity index (χ1v) is 8.44. The highest BCUT2D eigenvalue weighted by Crippen LogP contribution is 2.35. The molecule has 0 spiro atoms. The Labute approximate surface area is 138 Å². The summed E-state index contributed by atoms with van der Waals surface area (Å²) >= 11 is 6.16. The molecule has 0 aliphatic carbocycles. The third kappa shape index (κ3) is 3.08. The van der Waals surface area contributed by atoms with Gasteiger partial charge < -0.3 is 14.5 Å². The molecule has 3 saturated heterocycles. The molecular weight excluding hydrogens is 326 g/mol. The third-order valence-electron chi connectivity index (χ3n) is 4.92. The fourth-order valence-corrected chi connectivity index (χ4v) is 3.82. The number of hydrogen-bond donors (Lipinski definition) is 0. The van der Waals surface area contributed by atoms with E-state index in [0.29, 0.717) is 5.69 Å². The molecule has 0 amide bonds. The summed E-state index contributed by atoms with van der Waals surface area (Å²) in [5.74, 6) is -1.82. The summed E-state index contributed by atoms with van der Waals surface area (Å²) in [6.07, 6.45) is 2.37. The Morgan fingerprint density at radius 2 is 1.74 bits per heavy atom. The van der Waals surface area contributed by atoms with E-state index in [-0.39, 0.29) is 43.3 Å². The number of anilines is 2. The van der Waals surface area contributed by atoms with Gasteiger partial charge in [-0.15, -0.1) is 10.2 Å². The van der Waals surface area contributed by atoms with Crippen LogP contribution in [0.25, 0.3) is 0 Å². The number of hydrogen-bond acceptors (Lipinski definition) is 5. The second-order valence-corrected chi connectivity index (χ2v) is 6.94. The van der Waals surface area contributed by atoms with Crippen LogP contribution in [0.15, 0.2) is 6.07 Å². The molecule has 5 nitrogen and oxygen atoms in total. The Kier molecular flexibility index (Phi) is 3.80. The van der Waals surface area contributed by atoms with Crippen molar-refractivity contribution in [3.8, 4) is 0 Å². The van der Waals surface area contributed by atoms with E-state index in [1.54, 1.807) is 0 Å². The highest BCUT2D eigenvalue weighted by molar-refractivity contribution is 6.32. The second kappa shape index (κ2) is 5.70. The van der Waals surface area contributed by atoms with E-state index in [0.717, 1.165) is 31.7 Å². The van der Waals surface area contributed by atoms with Gasteiger partial charge in [-0.05, 0) is 12.8 Å². The minimum Gasteiger partial charge on any atom is -0.371 e. The molecule has 3 aliphatic rings. The summed E-state index contributed by atoms with van der Waals surface area (Å²) in [5, 5.41) is 8.51.